The van der Waals surface area contributed by atoms with Gasteiger partial charge >= 0.3 is 0 Å². The molecular weight excluding hydrogens is 262 g/mol. The molecule has 118 valence electrons. The van der Waals surface area contributed by atoms with Crippen molar-refractivity contribution in [3.8, 4) is 11.5 Å². The Morgan fingerprint density at radius 2 is 1.76 bits per heavy atom. The number of phenols is 1. The van der Waals surface area contributed by atoms with Crippen LogP contribution in [-0.4, -0.2) is 29.7 Å². The number of fused-ring (bicyclic) bond motifs is 1. The van der Waals surface area contributed by atoms with E-state index in [1.807, 2.05) is 6.07 Å². The lowest BCUT2D eigenvalue weighted by Gasteiger charge is -2.29. The van der Waals surface area contributed by atoms with Crippen LogP contribution >= 0.6 is 0 Å². The zero-order chi connectivity index (χ0) is 15.4. The van der Waals surface area contributed by atoms with Crippen LogP contribution in [0.2, 0.25) is 0 Å². The lowest BCUT2D eigenvalue weighted by atomic mass is 10.0. The summed E-state index contributed by atoms with van der Waals surface area (Å²) >= 11 is 0. The fraction of sp³-hybridized carbons (Fsp3) is 0.667. The van der Waals surface area contributed by atoms with Gasteiger partial charge in [-0.2, -0.15) is 0 Å². The van der Waals surface area contributed by atoms with Crippen molar-refractivity contribution in [3.63, 3.8) is 0 Å². The van der Waals surface area contributed by atoms with E-state index < -0.39 is 0 Å². The molecule has 2 rings (SSSR count). The van der Waals surface area contributed by atoms with Gasteiger partial charge < -0.3 is 9.84 Å². The molecule has 1 unspecified atom stereocenters. The van der Waals surface area contributed by atoms with Gasteiger partial charge in [-0.25, -0.2) is 0 Å². The Bertz CT molecular complexity index is 445. The van der Waals surface area contributed by atoms with Crippen molar-refractivity contribution in [1.82, 2.24) is 4.90 Å². The summed E-state index contributed by atoms with van der Waals surface area (Å²) in [7, 11) is 0. The number of nitrogens with zero attached hydrogens (tertiary/aromatic N) is 1. The maximum absolute atomic E-state index is 9.58. The van der Waals surface area contributed by atoms with Crippen molar-refractivity contribution in [2.24, 2.45) is 11.8 Å². The van der Waals surface area contributed by atoms with E-state index in [2.05, 4.69) is 32.6 Å². The molecule has 0 bridgehead atoms. The first-order valence-corrected chi connectivity index (χ1v) is 8.17. The summed E-state index contributed by atoms with van der Waals surface area (Å²) in [6.45, 7) is 12.0. The molecule has 3 nitrogen and oxygen atoms in total. The fourth-order valence-electron chi connectivity index (χ4n) is 2.76. The van der Waals surface area contributed by atoms with Crippen molar-refractivity contribution in [3.05, 3.63) is 23.8 Å². The number of phenolic OH excluding ortho intramolecular Hbond substituents is 1. The molecule has 0 fully saturated rings. The van der Waals surface area contributed by atoms with Gasteiger partial charge in [0.2, 0.25) is 0 Å². The average Bonchev–Trinajstić information content (AvgIpc) is 2.81. The molecule has 1 heterocycles. The third kappa shape index (κ3) is 4.37. The van der Waals surface area contributed by atoms with E-state index >= 15 is 0 Å². The van der Waals surface area contributed by atoms with Crippen LogP contribution in [0.1, 0.15) is 52.1 Å². The first-order chi connectivity index (χ1) is 9.97. The second kappa shape index (κ2) is 7.17. The van der Waals surface area contributed by atoms with E-state index in [0.717, 1.165) is 18.8 Å². The number of aromatic hydroxyl groups is 1. The molecule has 0 amide bonds. The van der Waals surface area contributed by atoms with E-state index in [4.69, 9.17) is 4.74 Å². The van der Waals surface area contributed by atoms with Crippen LogP contribution in [0.25, 0.3) is 0 Å². The standard InChI is InChI=1S/C18H29NO2/c1-13(2)7-9-19(10-8-14(3)4)17-12-21-18-11-15(20)5-6-16(17)18/h5-6,11,13-14,17,20H,7-10,12H2,1-4H3. The van der Waals surface area contributed by atoms with Crippen LogP contribution < -0.4 is 4.74 Å². The maximum Gasteiger partial charge on any atom is 0.127 e. The Kier molecular flexibility index (Phi) is 5.51. The Hall–Kier alpha value is -1.22. The van der Waals surface area contributed by atoms with E-state index in [9.17, 15) is 5.11 Å². The van der Waals surface area contributed by atoms with E-state index in [1.54, 1.807) is 12.1 Å². The second-order valence-electron chi connectivity index (χ2n) is 6.95. The molecule has 3 heteroatoms. The predicted octanol–water partition coefficient (Wildman–Crippen LogP) is 4.22. The normalized spacial score (nSPS) is 17.6. The maximum atomic E-state index is 9.58. The van der Waals surface area contributed by atoms with E-state index in [0.29, 0.717) is 24.5 Å². The molecule has 0 saturated heterocycles. The molecule has 1 aromatic rings. The summed E-state index contributed by atoms with van der Waals surface area (Å²) < 4.78 is 5.78. The number of rotatable bonds is 7. The Morgan fingerprint density at radius 1 is 1.14 bits per heavy atom. The molecule has 21 heavy (non-hydrogen) atoms. The lowest BCUT2D eigenvalue weighted by Crippen LogP contribution is -2.33. The highest BCUT2D eigenvalue weighted by Gasteiger charge is 2.29. The number of ether oxygens (including phenoxy) is 1. The molecule has 1 N–H and O–H groups in total. The number of benzene rings is 1. The van der Waals surface area contributed by atoms with Crippen molar-refractivity contribution in [1.29, 1.82) is 0 Å². The van der Waals surface area contributed by atoms with Crippen molar-refractivity contribution < 1.29 is 9.84 Å². The molecule has 0 spiro atoms. The minimum absolute atomic E-state index is 0.283. The number of hydrogen-bond acceptors (Lipinski definition) is 3. The highest BCUT2D eigenvalue weighted by Crippen LogP contribution is 2.38. The molecule has 0 aromatic heterocycles. The molecule has 0 radical (unpaired) electrons. The highest BCUT2D eigenvalue weighted by molar-refractivity contribution is 5.44. The molecular formula is C18H29NO2. The van der Waals surface area contributed by atoms with Gasteiger partial charge in [0.25, 0.3) is 0 Å². The van der Waals surface area contributed by atoms with Crippen molar-refractivity contribution in [2.45, 2.75) is 46.6 Å². The van der Waals surface area contributed by atoms with Crippen LogP contribution in [0, 0.1) is 11.8 Å². The van der Waals surface area contributed by atoms with Gasteiger partial charge in [-0.1, -0.05) is 27.7 Å². The molecule has 1 aliphatic rings. The fourth-order valence-corrected chi connectivity index (χ4v) is 2.76. The van der Waals surface area contributed by atoms with Crippen LogP contribution in [0.3, 0.4) is 0 Å². The van der Waals surface area contributed by atoms with Crippen molar-refractivity contribution >= 4 is 0 Å². The van der Waals surface area contributed by atoms with Gasteiger partial charge in [-0.3, -0.25) is 4.90 Å². The van der Waals surface area contributed by atoms with Crippen LogP contribution in [0.5, 0.6) is 11.5 Å². The first-order valence-electron chi connectivity index (χ1n) is 8.17. The largest absolute Gasteiger partial charge is 0.508 e. The van der Waals surface area contributed by atoms with E-state index in [-0.39, 0.29) is 5.75 Å². The third-order valence-electron chi connectivity index (χ3n) is 4.18. The van der Waals surface area contributed by atoms with E-state index in [1.165, 1.54) is 18.4 Å². The van der Waals surface area contributed by atoms with Gasteiger partial charge in [0.1, 0.15) is 18.1 Å². The number of hydrogen-bond donors (Lipinski definition) is 1. The molecule has 1 atom stereocenters. The highest BCUT2D eigenvalue weighted by atomic mass is 16.5. The van der Waals surface area contributed by atoms with Gasteiger partial charge in [0, 0.05) is 11.6 Å². The smallest absolute Gasteiger partial charge is 0.127 e. The topological polar surface area (TPSA) is 32.7 Å². The molecule has 0 saturated carbocycles. The monoisotopic (exact) mass is 291 g/mol. The zero-order valence-corrected chi connectivity index (χ0v) is 13.8. The predicted molar refractivity (Wildman–Crippen MR) is 86.8 cm³/mol. The zero-order valence-electron chi connectivity index (χ0n) is 13.8. The second-order valence-corrected chi connectivity index (χ2v) is 6.95. The summed E-state index contributed by atoms with van der Waals surface area (Å²) in [5.41, 5.74) is 1.22. The van der Waals surface area contributed by atoms with Gasteiger partial charge in [-0.15, -0.1) is 0 Å². The summed E-state index contributed by atoms with van der Waals surface area (Å²) in [5, 5.41) is 9.58. The van der Waals surface area contributed by atoms with Crippen LogP contribution in [0.4, 0.5) is 0 Å². The summed E-state index contributed by atoms with van der Waals surface area (Å²) in [6, 6.07) is 5.85. The summed E-state index contributed by atoms with van der Waals surface area (Å²) in [6.07, 6.45) is 2.42. The Labute approximate surface area is 128 Å². The molecule has 0 aliphatic carbocycles. The average molecular weight is 291 g/mol. The summed E-state index contributed by atoms with van der Waals surface area (Å²) in [5.74, 6) is 2.56. The van der Waals surface area contributed by atoms with Crippen molar-refractivity contribution in [2.75, 3.05) is 19.7 Å². The Morgan fingerprint density at radius 3 is 2.33 bits per heavy atom. The Balaban J connectivity index is 2.10. The third-order valence-corrected chi connectivity index (χ3v) is 4.18. The van der Waals surface area contributed by atoms with Gasteiger partial charge in [0.15, 0.2) is 0 Å². The quantitative estimate of drug-likeness (QED) is 0.816. The molecule has 1 aliphatic heterocycles. The SMILES string of the molecule is CC(C)CCN(CCC(C)C)C1COc2cc(O)ccc21. The minimum atomic E-state index is 0.283. The van der Waals surface area contributed by atoms with Crippen LogP contribution in [-0.2, 0) is 0 Å². The lowest BCUT2D eigenvalue weighted by molar-refractivity contribution is 0.149. The molecule has 1 aromatic carbocycles. The van der Waals surface area contributed by atoms with Gasteiger partial charge in [-0.05, 0) is 49.9 Å². The van der Waals surface area contributed by atoms with Gasteiger partial charge in [0.05, 0.1) is 6.04 Å². The first kappa shape index (κ1) is 16.2. The van der Waals surface area contributed by atoms with Crippen LogP contribution in [0.15, 0.2) is 18.2 Å². The summed E-state index contributed by atoms with van der Waals surface area (Å²) in [4.78, 5) is 2.56. The minimum Gasteiger partial charge on any atom is -0.508 e.